The molecule has 1 N–H and O–H groups in total. The van der Waals surface area contributed by atoms with Crippen molar-refractivity contribution in [2.24, 2.45) is 5.10 Å². The maximum atomic E-state index is 11.6. The summed E-state index contributed by atoms with van der Waals surface area (Å²) in [6.45, 7) is -0.150. The van der Waals surface area contributed by atoms with E-state index in [1.54, 1.807) is 12.1 Å². The van der Waals surface area contributed by atoms with E-state index in [9.17, 15) is 4.79 Å². The second kappa shape index (κ2) is 8.28. The van der Waals surface area contributed by atoms with E-state index >= 15 is 0 Å². The predicted molar refractivity (Wildman–Crippen MR) is 97.2 cm³/mol. The topological polar surface area (TPSA) is 63.8 Å². The SMILES string of the molecule is O=C(COc1ccc(Br)cc1Br)N/N=C/c1cc(Br)c(Br)o1. The molecule has 22 heavy (non-hydrogen) atoms. The average Bonchev–Trinajstić information content (AvgIpc) is 2.76. The highest BCUT2D eigenvalue weighted by Gasteiger charge is 2.06. The third kappa shape index (κ3) is 5.22. The van der Waals surface area contributed by atoms with Gasteiger partial charge in [-0.15, -0.1) is 0 Å². The Morgan fingerprint density at radius 1 is 1.23 bits per heavy atom. The number of amides is 1. The molecule has 0 atom stereocenters. The molecular weight excluding hydrogens is 552 g/mol. The Morgan fingerprint density at radius 3 is 2.64 bits per heavy atom. The van der Waals surface area contributed by atoms with E-state index in [0.717, 1.165) is 13.4 Å². The summed E-state index contributed by atoms with van der Waals surface area (Å²) in [7, 11) is 0. The Hall–Kier alpha value is -0.640. The highest BCUT2D eigenvalue weighted by molar-refractivity contribution is 9.13. The molecule has 0 saturated carbocycles. The molecule has 0 unspecified atom stereocenters. The van der Waals surface area contributed by atoms with E-state index in [0.29, 0.717) is 16.2 Å². The first-order valence-electron chi connectivity index (χ1n) is 5.80. The van der Waals surface area contributed by atoms with Crippen molar-refractivity contribution < 1.29 is 13.9 Å². The van der Waals surface area contributed by atoms with Crippen molar-refractivity contribution in [1.82, 2.24) is 5.43 Å². The second-order valence-electron chi connectivity index (χ2n) is 3.93. The van der Waals surface area contributed by atoms with Gasteiger partial charge in [-0.25, -0.2) is 5.43 Å². The van der Waals surface area contributed by atoms with Crippen LogP contribution in [-0.2, 0) is 4.79 Å². The summed E-state index contributed by atoms with van der Waals surface area (Å²) in [5.74, 6) is 0.688. The largest absolute Gasteiger partial charge is 0.483 e. The Labute approximate surface area is 160 Å². The maximum absolute atomic E-state index is 11.6. The number of furan rings is 1. The summed E-state index contributed by atoms with van der Waals surface area (Å²) in [4.78, 5) is 11.6. The number of hydrogen-bond acceptors (Lipinski definition) is 4. The lowest BCUT2D eigenvalue weighted by Gasteiger charge is -2.07. The molecule has 2 aromatic rings. The fourth-order valence-corrected chi connectivity index (χ4v) is 3.13. The zero-order chi connectivity index (χ0) is 16.1. The van der Waals surface area contributed by atoms with Gasteiger partial charge in [0.1, 0.15) is 11.5 Å². The van der Waals surface area contributed by atoms with Crippen molar-refractivity contribution in [3.8, 4) is 5.75 Å². The molecule has 0 spiro atoms. The summed E-state index contributed by atoms with van der Waals surface area (Å²) in [6, 6.07) is 7.12. The molecule has 9 heteroatoms. The zero-order valence-corrected chi connectivity index (χ0v) is 17.1. The first kappa shape index (κ1) is 17.7. The molecule has 1 aromatic carbocycles. The molecular formula is C13H8Br4N2O3. The minimum atomic E-state index is -0.379. The molecule has 1 aromatic heterocycles. The number of benzene rings is 1. The molecule has 2 rings (SSSR count). The van der Waals surface area contributed by atoms with Crippen molar-refractivity contribution in [1.29, 1.82) is 0 Å². The van der Waals surface area contributed by atoms with Gasteiger partial charge in [0.05, 0.1) is 15.2 Å². The van der Waals surface area contributed by atoms with Gasteiger partial charge in [-0.3, -0.25) is 4.79 Å². The fraction of sp³-hybridized carbons (Fsp3) is 0.0769. The van der Waals surface area contributed by atoms with Crippen LogP contribution in [0.4, 0.5) is 0 Å². The minimum Gasteiger partial charge on any atom is -0.483 e. The lowest BCUT2D eigenvalue weighted by molar-refractivity contribution is -0.123. The molecule has 5 nitrogen and oxygen atoms in total. The van der Waals surface area contributed by atoms with Gasteiger partial charge in [-0.1, -0.05) is 15.9 Å². The fourth-order valence-electron chi connectivity index (χ4n) is 1.36. The van der Waals surface area contributed by atoms with Crippen LogP contribution in [0.15, 0.2) is 51.9 Å². The third-order valence-electron chi connectivity index (χ3n) is 2.30. The quantitative estimate of drug-likeness (QED) is 0.421. The summed E-state index contributed by atoms with van der Waals surface area (Å²) in [6.07, 6.45) is 1.39. The Kier molecular flexibility index (Phi) is 6.66. The first-order chi connectivity index (χ1) is 10.5. The molecule has 0 bridgehead atoms. The summed E-state index contributed by atoms with van der Waals surface area (Å²) < 4.78 is 13.7. The lowest BCUT2D eigenvalue weighted by Crippen LogP contribution is -2.24. The normalized spacial score (nSPS) is 10.9. The number of carbonyl (C=O) groups excluding carboxylic acids is 1. The Bertz CT molecular complexity index is 696. The van der Waals surface area contributed by atoms with Gasteiger partial charge in [0.2, 0.25) is 0 Å². The van der Waals surface area contributed by atoms with Crippen LogP contribution in [0.25, 0.3) is 0 Å². The van der Waals surface area contributed by atoms with Gasteiger partial charge in [-0.2, -0.15) is 5.10 Å². The number of ether oxygens (including phenoxy) is 1. The number of halogens is 4. The number of hydrazone groups is 1. The number of nitrogens with one attached hydrogen (secondary N) is 1. The third-order valence-corrected chi connectivity index (χ3v) is 5.12. The van der Waals surface area contributed by atoms with Gasteiger partial charge in [-0.05, 0) is 66.0 Å². The van der Waals surface area contributed by atoms with Crippen LogP contribution in [0.3, 0.4) is 0 Å². The van der Waals surface area contributed by atoms with Gasteiger partial charge in [0, 0.05) is 10.5 Å². The molecule has 1 amide bonds. The summed E-state index contributed by atoms with van der Waals surface area (Å²) >= 11 is 13.2. The minimum absolute atomic E-state index is 0.150. The molecule has 0 saturated heterocycles. The molecule has 0 radical (unpaired) electrons. The van der Waals surface area contributed by atoms with E-state index in [4.69, 9.17) is 9.15 Å². The monoisotopic (exact) mass is 556 g/mol. The highest BCUT2D eigenvalue weighted by atomic mass is 79.9. The van der Waals surface area contributed by atoms with E-state index < -0.39 is 0 Å². The van der Waals surface area contributed by atoms with E-state index in [1.807, 2.05) is 12.1 Å². The van der Waals surface area contributed by atoms with Gasteiger partial charge in [0.25, 0.3) is 5.91 Å². The predicted octanol–water partition coefficient (Wildman–Crippen LogP) is 4.86. The summed E-state index contributed by atoms with van der Waals surface area (Å²) in [5, 5.41) is 3.79. The zero-order valence-electron chi connectivity index (χ0n) is 10.8. The number of hydrogen-bond donors (Lipinski definition) is 1. The van der Waals surface area contributed by atoms with Crippen molar-refractivity contribution in [3.05, 3.63) is 48.1 Å². The Balaban J connectivity index is 1.83. The van der Waals surface area contributed by atoms with E-state index in [1.165, 1.54) is 6.21 Å². The van der Waals surface area contributed by atoms with E-state index in [-0.39, 0.29) is 12.5 Å². The Morgan fingerprint density at radius 2 is 2.00 bits per heavy atom. The molecule has 0 aliphatic carbocycles. The number of carbonyl (C=O) groups is 1. The van der Waals surface area contributed by atoms with Crippen molar-refractivity contribution >= 4 is 75.8 Å². The maximum Gasteiger partial charge on any atom is 0.277 e. The van der Waals surface area contributed by atoms with Gasteiger partial charge < -0.3 is 9.15 Å². The van der Waals surface area contributed by atoms with E-state index in [2.05, 4.69) is 74.2 Å². The molecule has 0 aliphatic rings. The van der Waals surface area contributed by atoms with Crippen LogP contribution in [0, 0.1) is 0 Å². The van der Waals surface area contributed by atoms with Crippen LogP contribution in [0.1, 0.15) is 5.76 Å². The highest BCUT2D eigenvalue weighted by Crippen LogP contribution is 2.28. The van der Waals surface area contributed by atoms with Crippen LogP contribution in [0.5, 0.6) is 5.75 Å². The van der Waals surface area contributed by atoms with Crippen molar-refractivity contribution in [2.45, 2.75) is 0 Å². The second-order valence-corrected chi connectivity index (χ2v) is 7.27. The van der Waals surface area contributed by atoms with Crippen molar-refractivity contribution in [3.63, 3.8) is 0 Å². The van der Waals surface area contributed by atoms with Gasteiger partial charge in [0.15, 0.2) is 11.3 Å². The lowest BCUT2D eigenvalue weighted by atomic mass is 10.3. The molecule has 0 fully saturated rings. The molecule has 0 aliphatic heterocycles. The number of rotatable bonds is 5. The smallest absolute Gasteiger partial charge is 0.277 e. The standard InChI is InChI=1S/C13H8Br4N2O3/c14-7-1-2-11(9(15)3-7)21-6-12(20)19-18-5-8-4-10(16)13(17)22-8/h1-5H,6H2,(H,19,20)/b18-5+. The van der Waals surface area contributed by atoms with Crippen LogP contribution in [-0.4, -0.2) is 18.7 Å². The summed E-state index contributed by atoms with van der Waals surface area (Å²) in [5.41, 5.74) is 2.35. The van der Waals surface area contributed by atoms with Crippen molar-refractivity contribution in [2.75, 3.05) is 6.61 Å². The average molecular weight is 560 g/mol. The van der Waals surface area contributed by atoms with Crippen LogP contribution in [0.2, 0.25) is 0 Å². The molecule has 116 valence electrons. The molecule has 1 heterocycles. The van der Waals surface area contributed by atoms with Crippen LogP contribution < -0.4 is 10.2 Å². The number of nitrogens with zero attached hydrogens (tertiary/aromatic N) is 1. The van der Waals surface area contributed by atoms with Crippen LogP contribution >= 0.6 is 63.7 Å². The first-order valence-corrected chi connectivity index (χ1v) is 8.97. The van der Waals surface area contributed by atoms with Gasteiger partial charge >= 0.3 is 0 Å².